The average molecular weight is 236 g/mol. The number of benzene rings is 1. The lowest BCUT2D eigenvalue weighted by Gasteiger charge is -2.12. The molecule has 0 saturated heterocycles. The summed E-state index contributed by atoms with van der Waals surface area (Å²) in [6.07, 6.45) is 0.924. The Morgan fingerprint density at radius 1 is 1.62 bits per heavy atom. The summed E-state index contributed by atoms with van der Waals surface area (Å²) in [6, 6.07) is 8.13. The van der Waals surface area contributed by atoms with Crippen LogP contribution in [0.5, 0.6) is 5.75 Å². The highest BCUT2D eigenvalue weighted by molar-refractivity contribution is 6.32. The van der Waals surface area contributed by atoms with Crippen LogP contribution in [-0.2, 0) is 5.41 Å². The van der Waals surface area contributed by atoms with E-state index in [4.69, 9.17) is 21.6 Å². The van der Waals surface area contributed by atoms with E-state index in [1.807, 2.05) is 25.1 Å². The first-order chi connectivity index (χ1) is 7.61. The van der Waals surface area contributed by atoms with Gasteiger partial charge in [-0.15, -0.1) is 0 Å². The summed E-state index contributed by atoms with van der Waals surface area (Å²) in [5.74, 6) is 0.840. The summed E-state index contributed by atoms with van der Waals surface area (Å²) in [4.78, 5) is 0. The fraction of sp³-hybridized carbons (Fsp3) is 0.462. The van der Waals surface area contributed by atoms with Gasteiger partial charge in [0.25, 0.3) is 0 Å². The normalized spacial score (nSPS) is 27.2. The number of hydrogen-bond acceptors (Lipinski definition) is 2. The van der Waals surface area contributed by atoms with Gasteiger partial charge in [-0.3, -0.25) is 0 Å². The molecule has 84 valence electrons. The third-order valence-corrected chi connectivity index (χ3v) is 3.58. The Kier molecular flexibility index (Phi) is 2.82. The molecule has 2 nitrogen and oxygen atoms in total. The van der Waals surface area contributed by atoms with E-state index in [9.17, 15) is 0 Å². The van der Waals surface area contributed by atoms with Crippen molar-refractivity contribution in [3.8, 4) is 11.8 Å². The largest absolute Gasteiger partial charge is 0.492 e. The van der Waals surface area contributed by atoms with Crippen LogP contribution in [0.2, 0.25) is 5.02 Å². The van der Waals surface area contributed by atoms with Crippen LogP contribution in [-0.4, -0.2) is 6.61 Å². The molecule has 1 aliphatic carbocycles. The minimum atomic E-state index is -0.0108. The molecular weight excluding hydrogens is 222 g/mol. The van der Waals surface area contributed by atoms with Gasteiger partial charge >= 0.3 is 0 Å². The zero-order valence-electron chi connectivity index (χ0n) is 9.46. The van der Waals surface area contributed by atoms with E-state index in [1.54, 1.807) is 0 Å². The van der Waals surface area contributed by atoms with Crippen molar-refractivity contribution in [3.63, 3.8) is 0 Å². The summed E-state index contributed by atoms with van der Waals surface area (Å²) < 4.78 is 5.38. The molecule has 1 fully saturated rings. The Morgan fingerprint density at radius 3 is 2.88 bits per heavy atom. The predicted molar refractivity (Wildman–Crippen MR) is 63.7 cm³/mol. The molecule has 2 rings (SSSR count). The lowest BCUT2D eigenvalue weighted by atomic mass is 9.96. The van der Waals surface area contributed by atoms with Crippen LogP contribution in [0.4, 0.5) is 0 Å². The zero-order valence-corrected chi connectivity index (χ0v) is 10.2. The molecule has 0 heterocycles. The fourth-order valence-electron chi connectivity index (χ4n) is 2.00. The van der Waals surface area contributed by atoms with Gasteiger partial charge in [0.15, 0.2) is 0 Å². The lowest BCUT2D eigenvalue weighted by Crippen LogP contribution is -2.04. The Balaban J connectivity index is 2.26. The highest BCUT2D eigenvalue weighted by atomic mass is 35.5. The molecule has 0 bridgehead atoms. The average Bonchev–Trinajstić information content (AvgIpc) is 2.94. The Bertz CT molecular complexity index is 452. The topological polar surface area (TPSA) is 33.0 Å². The Labute approximate surface area is 101 Å². The quantitative estimate of drug-likeness (QED) is 0.803. The van der Waals surface area contributed by atoms with Gasteiger partial charge in [0.05, 0.1) is 23.6 Å². The molecule has 0 aliphatic heterocycles. The van der Waals surface area contributed by atoms with Gasteiger partial charge in [0.2, 0.25) is 0 Å². The molecule has 1 aromatic carbocycles. The van der Waals surface area contributed by atoms with Crippen LogP contribution < -0.4 is 4.74 Å². The molecule has 2 atom stereocenters. The smallest absolute Gasteiger partial charge is 0.137 e. The minimum absolute atomic E-state index is 0.0108. The van der Waals surface area contributed by atoms with Crippen molar-refractivity contribution in [2.45, 2.75) is 25.7 Å². The molecule has 0 N–H and O–H groups in total. The van der Waals surface area contributed by atoms with Crippen LogP contribution in [0.3, 0.4) is 0 Å². The Hall–Kier alpha value is -1.20. The van der Waals surface area contributed by atoms with E-state index in [0.717, 1.165) is 12.0 Å². The maximum atomic E-state index is 8.90. The van der Waals surface area contributed by atoms with Gasteiger partial charge in [-0.25, -0.2) is 0 Å². The molecule has 16 heavy (non-hydrogen) atoms. The molecule has 1 aromatic rings. The summed E-state index contributed by atoms with van der Waals surface area (Å²) in [6.45, 7) is 4.64. The van der Waals surface area contributed by atoms with Crippen molar-refractivity contribution in [2.75, 3.05) is 6.61 Å². The Morgan fingerprint density at radius 2 is 2.38 bits per heavy atom. The van der Waals surface area contributed by atoms with Gasteiger partial charge in [-0.1, -0.05) is 24.6 Å². The standard InChI is InChI=1S/C13H14ClNO/c1-3-16-12-5-4-9(6-11(12)14)13(2)7-10(13)8-15/h4-6,10H,3,7H2,1-2H3. The maximum absolute atomic E-state index is 8.90. The van der Waals surface area contributed by atoms with E-state index in [1.165, 1.54) is 0 Å². The maximum Gasteiger partial charge on any atom is 0.137 e. The third kappa shape index (κ3) is 1.76. The van der Waals surface area contributed by atoms with Gasteiger partial charge in [0.1, 0.15) is 5.75 Å². The van der Waals surface area contributed by atoms with E-state index in [0.29, 0.717) is 17.4 Å². The molecule has 0 radical (unpaired) electrons. The summed E-state index contributed by atoms with van der Waals surface area (Å²) in [7, 11) is 0. The monoisotopic (exact) mass is 235 g/mol. The molecule has 2 unspecified atom stereocenters. The van der Waals surface area contributed by atoms with Crippen LogP contribution in [0.15, 0.2) is 18.2 Å². The van der Waals surface area contributed by atoms with Gasteiger partial charge in [-0.2, -0.15) is 5.26 Å². The number of halogens is 1. The second kappa shape index (κ2) is 3.99. The van der Waals surface area contributed by atoms with Crippen LogP contribution in [0, 0.1) is 17.2 Å². The second-order valence-corrected chi connectivity index (χ2v) is 4.79. The third-order valence-electron chi connectivity index (χ3n) is 3.28. The fourth-order valence-corrected chi connectivity index (χ4v) is 2.24. The molecule has 3 heteroatoms. The van der Waals surface area contributed by atoms with Crippen molar-refractivity contribution in [2.24, 2.45) is 5.92 Å². The van der Waals surface area contributed by atoms with Crippen molar-refractivity contribution < 1.29 is 4.74 Å². The number of nitriles is 1. The number of nitrogens with zero attached hydrogens (tertiary/aromatic N) is 1. The molecule has 1 aliphatic rings. The molecule has 0 spiro atoms. The van der Waals surface area contributed by atoms with Gasteiger partial charge in [0, 0.05) is 5.41 Å². The zero-order chi connectivity index (χ0) is 11.8. The number of ether oxygens (including phenoxy) is 1. The van der Waals surface area contributed by atoms with Crippen LogP contribution in [0.25, 0.3) is 0 Å². The first-order valence-electron chi connectivity index (χ1n) is 5.44. The van der Waals surface area contributed by atoms with Gasteiger partial charge in [-0.05, 0) is 31.0 Å². The van der Waals surface area contributed by atoms with E-state index >= 15 is 0 Å². The predicted octanol–water partition coefficient (Wildman–Crippen LogP) is 3.54. The lowest BCUT2D eigenvalue weighted by molar-refractivity contribution is 0.340. The van der Waals surface area contributed by atoms with Gasteiger partial charge < -0.3 is 4.74 Å². The van der Waals surface area contributed by atoms with Crippen LogP contribution >= 0.6 is 11.6 Å². The molecule has 0 amide bonds. The van der Waals surface area contributed by atoms with E-state index in [2.05, 4.69) is 13.0 Å². The summed E-state index contributed by atoms with van der Waals surface area (Å²) in [5, 5.41) is 9.53. The minimum Gasteiger partial charge on any atom is -0.492 e. The van der Waals surface area contributed by atoms with Crippen molar-refractivity contribution in [3.05, 3.63) is 28.8 Å². The van der Waals surface area contributed by atoms with Crippen molar-refractivity contribution in [1.82, 2.24) is 0 Å². The number of rotatable bonds is 3. The summed E-state index contributed by atoms with van der Waals surface area (Å²) >= 11 is 6.12. The highest BCUT2D eigenvalue weighted by Crippen LogP contribution is 2.54. The summed E-state index contributed by atoms with van der Waals surface area (Å²) in [5.41, 5.74) is 1.12. The molecular formula is C13H14ClNO. The molecule has 1 saturated carbocycles. The SMILES string of the molecule is CCOc1ccc(C2(C)CC2C#N)cc1Cl. The highest BCUT2D eigenvalue weighted by Gasteiger charge is 2.51. The van der Waals surface area contributed by atoms with Crippen molar-refractivity contribution >= 4 is 11.6 Å². The second-order valence-electron chi connectivity index (χ2n) is 4.38. The van der Waals surface area contributed by atoms with Crippen molar-refractivity contribution in [1.29, 1.82) is 5.26 Å². The van der Waals surface area contributed by atoms with Crippen LogP contribution in [0.1, 0.15) is 25.8 Å². The van der Waals surface area contributed by atoms with E-state index in [-0.39, 0.29) is 11.3 Å². The number of hydrogen-bond donors (Lipinski definition) is 0. The first-order valence-corrected chi connectivity index (χ1v) is 5.82. The first kappa shape index (κ1) is 11.3. The molecule has 0 aromatic heterocycles. The van der Waals surface area contributed by atoms with E-state index < -0.39 is 0 Å².